The van der Waals surface area contributed by atoms with Gasteiger partial charge in [0.05, 0.1) is 13.2 Å². The van der Waals surface area contributed by atoms with Gasteiger partial charge in [0.25, 0.3) is 0 Å². The number of ether oxygens (including phenoxy) is 2. The van der Waals surface area contributed by atoms with Crippen LogP contribution in [-0.2, 0) is 24.4 Å². The van der Waals surface area contributed by atoms with Gasteiger partial charge in [-0.05, 0) is 24.3 Å². The number of thiazole rings is 1. The normalized spacial score (nSPS) is 17.1. The summed E-state index contributed by atoms with van der Waals surface area (Å²) in [5.41, 5.74) is 2.29. The molecule has 0 radical (unpaired) electrons. The Morgan fingerprint density at radius 3 is 2.69 bits per heavy atom. The number of hydrogen-bond acceptors (Lipinski definition) is 6. The van der Waals surface area contributed by atoms with E-state index in [0.29, 0.717) is 0 Å². The average Bonchev–Trinajstić information content (AvgIpc) is 3.19. The summed E-state index contributed by atoms with van der Waals surface area (Å²) in [5, 5.41) is 1.82. The molecule has 0 saturated carbocycles. The lowest BCUT2D eigenvalue weighted by Crippen LogP contribution is -2.36. The zero-order valence-corrected chi connectivity index (χ0v) is 17.6. The standard InChI is InChI=1S/C22H22ClN3O2S/c23-18-5-6-21-17(11-18)14-25(13-16-3-1-2-4-20(16)28-21)15-19-12-24-22(29-19)26-7-9-27-10-8-26/h1-6,11-12H,7-10,13-15H2. The molecule has 0 bridgehead atoms. The van der Waals surface area contributed by atoms with Crippen molar-refractivity contribution >= 4 is 28.1 Å². The Morgan fingerprint density at radius 1 is 1.00 bits per heavy atom. The van der Waals surface area contributed by atoms with Gasteiger partial charge >= 0.3 is 0 Å². The van der Waals surface area contributed by atoms with Crippen LogP contribution in [0.5, 0.6) is 11.5 Å². The highest BCUT2D eigenvalue weighted by atomic mass is 35.5. The zero-order valence-electron chi connectivity index (χ0n) is 16.0. The molecule has 150 valence electrons. The number of hydrogen-bond donors (Lipinski definition) is 0. The highest BCUT2D eigenvalue weighted by Gasteiger charge is 2.20. The SMILES string of the molecule is Clc1ccc2c(c1)CN(Cc1cnc(N3CCOCC3)s1)Cc1ccccc1O2. The van der Waals surface area contributed by atoms with Crippen LogP contribution < -0.4 is 9.64 Å². The third-order valence-corrected chi connectivity index (χ3v) is 6.48. The Balaban J connectivity index is 1.41. The molecule has 0 spiro atoms. The maximum Gasteiger partial charge on any atom is 0.185 e. The van der Waals surface area contributed by atoms with Crippen molar-refractivity contribution in [2.45, 2.75) is 19.6 Å². The molecule has 0 unspecified atom stereocenters. The molecule has 0 aliphatic carbocycles. The van der Waals surface area contributed by atoms with Crippen molar-refractivity contribution < 1.29 is 9.47 Å². The Bertz CT molecular complexity index is 1000. The first-order chi connectivity index (χ1) is 14.2. The molecule has 29 heavy (non-hydrogen) atoms. The number of aromatic nitrogens is 1. The molecule has 2 aliphatic heterocycles. The number of para-hydroxylation sites is 1. The van der Waals surface area contributed by atoms with Crippen molar-refractivity contribution in [1.29, 1.82) is 0 Å². The second-order valence-corrected chi connectivity index (χ2v) is 8.85. The van der Waals surface area contributed by atoms with Crippen LogP contribution in [0.2, 0.25) is 5.02 Å². The first kappa shape index (κ1) is 18.9. The summed E-state index contributed by atoms with van der Waals surface area (Å²) in [6, 6.07) is 14.1. The van der Waals surface area contributed by atoms with Gasteiger partial charge < -0.3 is 14.4 Å². The predicted molar refractivity (Wildman–Crippen MR) is 116 cm³/mol. The van der Waals surface area contributed by atoms with E-state index in [1.54, 1.807) is 11.3 Å². The molecule has 3 heterocycles. The summed E-state index contributed by atoms with van der Waals surface area (Å²) in [4.78, 5) is 10.7. The fraction of sp³-hybridized carbons (Fsp3) is 0.318. The summed E-state index contributed by atoms with van der Waals surface area (Å²) in [5.74, 6) is 1.77. The summed E-state index contributed by atoms with van der Waals surface area (Å²) in [6.07, 6.45) is 2.01. The van der Waals surface area contributed by atoms with Gasteiger partial charge in [-0.15, -0.1) is 11.3 Å². The van der Waals surface area contributed by atoms with Gasteiger partial charge in [-0.25, -0.2) is 4.98 Å². The topological polar surface area (TPSA) is 37.8 Å². The maximum absolute atomic E-state index is 6.27. The molecule has 1 saturated heterocycles. The van der Waals surface area contributed by atoms with E-state index in [-0.39, 0.29) is 0 Å². The number of benzene rings is 2. The minimum Gasteiger partial charge on any atom is -0.457 e. The van der Waals surface area contributed by atoms with Crippen LogP contribution >= 0.6 is 22.9 Å². The monoisotopic (exact) mass is 427 g/mol. The summed E-state index contributed by atoms with van der Waals surface area (Å²) in [6.45, 7) is 5.79. The Kier molecular flexibility index (Phi) is 5.42. The van der Waals surface area contributed by atoms with Crippen molar-refractivity contribution in [3.05, 3.63) is 69.7 Å². The molecule has 5 nitrogen and oxygen atoms in total. The minimum absolute atomic E-state index is 0.730. The molecule has 2 aliphatic rings. The smallest absolute Gasteiger partial charge is 0.185 e. The first-order valence-electron chi connectivity index (χ1n) is 9.78. The third-order valence-electron chi connectivity index (χ3n) is 5.21. The van der Waals surface area contributed by atoms with E-state index < -0.39 is 0 Å². The number of fused-ring (bicyclic) bond motifs is 2. The van der Waals surface area contributed by atoms with Gasteiger partial charge in [0.1, 0.15) is 11.5 Å². The van der Waals surface area contributed by atoms with E-state index in [0.717, 1.165) is 73.2 Å². The fourth-order valence-electron chi connectivity index (χ4n) is 3.76. The molecule has 0 atom stereocenters. The van der Waals surface area contributed by atoms with E-state index in [9.17, 15) is 0 Å². The van der Waals surface area contributed by atoms with Crippen LogP contribution in [0.25, 0.3) is 0 Å². The van der Waals surface area contributed by atoms with Gasteiger partial charge in [-0.3, -0.25) is 4.90 Å². The number of morpholine rings is 1. The second-order valence-electron chi connectivity index (χ2n) is 7.32. The number of rotatable bonds is 3. The van der Waals surface area contributed by atoms with Crippen LogP contribution in [0.3, 0.4) is 0 Å². The van der Waals surface area contributed by atoms with Crippen molar-refractivity contribution in [2.24, 2.45) is 0 Å². The highest BCUT2D eigenvalue weighted by molar-refractivity contribution is 7.15. The van der Waals surface area contributed by atoms with E-state index in [1.807, 2.05) is 36.5 Å². The summed E-state index contributed by atoms with van der Waals surface area (Å²) in [7, 11) is 0. The number of anilines is 1. The van der Waals surface area contributed by atoms with Crippen LogP contribution in [0.4, 0.5) is 5.13 Å². The van der Waals surface area contributed by atoms with Crippen LogP contribution in [0.15, 0.2) is 48.7 Å². The minimum atomic E-state index is 0.730. The molecular formula is C22H22ClN3O2S. The molecular weight excluding hydrogens is 406 g/mol. The lowest BCUT2D eigenvalue weighted by atomic mass is 10.1. The van der Waals surface area contributed by atoms with Crippen LogP contribution in [-0.4, -0.2) is 36.2 Å². The lowest BCUT2D eigenvalue weighted by molar-refractivity contribution is 0.122. The molecule has 7 heteroatoms. The van der Waals surface area contributed by atoms with E-state index >= 15 is 0 Å². The van der Waals surface area contributed by atoms with Crippen LogP contribution in [0, 0.1) is 0 Å². The molecule has 0 N–H and O–H groups in total. The van der Waals surface area contributed by atoms with E-state index in [2.05, 4.69) is 26.9 Å². The van der Waals surface area contributed by atoms with Crippen molar-refractivity contribution in [1.82, 2.24) is 9.88 Å². The molecule has 1 fully saturated rings. The number of nitrogens with zero attached hydrogens (tertiary/aromatic N) is 3. The third kappa shape index (κ3) is 4.26. The van der Waals surface area contributed by atoms with Crippen molar-refractivity contribution in [3.63, 3.8) is 0 Å². The summed E-state index contributed by atoms with van der Waals surface area (Å²) >= 11 is 8.04. The van der Waals surface area contributed by atoms with E-state index in [4.69, 9.17) is 21.1 Å². The van der Waals surface area contributed by atoms with Gasteiger partial charge in [-0.2, -0.15) is 0 Å². The van der Waals surface area contributed by atoms with Crippen LogP contribution in [0.1, 0.15) is 16.0 Å². The largest absolute Gasteiger partial charge is 0.457 e. The molecule has 3 aromatic rings. The Hall–Kier alpha value is -2.12. The highest BCUT2D eigenvalue weighted by Crippen LogP contribution is 2.35. The zero-order chi connectivity index (χ0) is 19.6. The quantitative estimate of drug-likeness (QED) is 0.591. The average molecular weight is 428 g/mol. The van der Waals surface area contributed by atoms with E-state index in [1.165, 1.54) is 10.4 Å². The van der Waals surface area contributed by atoms with Gasteiger partial charge in [0.2, 0.25) is 0 Å². The van der Waals surface area contributed by atoms with Gasteiger partial charge in [0, 0.05) is 59.9 Å². The van der Waals surface area contributed by atoms with Crippen molar-refractivity contribution in [3.8, 4) is 11.5 Å². The Morgan fingerprint density at radius 2 is 1.79 bits per heavy atom. The lowest BCUT2D eigenvalue weighted by Gasteiger charge is -2.27. The summed E-state index contributed by atoms with van der Waals surface area (Å²) < 4.78 is 11.7. The molecule has 1 aromatic heterocycles. The van der Waals surface area contributed by atoms with Gasteiger partial charge in [-0.1, -0.05) is 29.8 Å². The Labute approximate surface area is 179 Å². The maximum atomic E-state index is 6.27. The first-order valence-corrected chi connectivity index (χ1v) is 11.0. The number of halogens is 1. The molecule has 0 amide bonds. The van der Waals surface area contributed by atoms with Crippen molar-refractivity contribution in [2.75, 3.05) is 31.2 Å². The fourth-order valence-corrected chi connectivity index (χ4v) is 4.96. The second kappa shape index (κ2) is 8.32. The predicted octanol–water partition coefficient (Wildman–Crippen LogP) is 4.94. The molecule has 5 rings (SSSR count). The molecule has 2 aromatic carbocycles. The van der Waals surface area contributed by atoms with Gasteiger partial charge in [0.15, 0.2) is 5.13 Å².